The highest BCUT2D eigenvalue weighted by molar-refractivity contribution is 6.04. The van der Waals surface area contributed by atoms with Crippen LogP contribution >= 0.6 is 0 Å². The standard InChI is InChI=1S/C54H60N2O2/c1-51(2,3)37-23-17-33(18-24-37)41-29-39(53(7,8)9)31-43(49(41)57-13)45-27-21-35-15-16-36-22-28-46(56-48(36)47(35)55-45)44-32-40(54(10,11)12)30-42(50(44)58-14)34-19-25-38(26-20-34)52(4,5)6/h15-32H,1-14H3. The van der Waals surface area contributed by atoms with E-state index in [0.717, 1.165) is 78.1 Å². The smallest absolute Gasteiger partial charge is 0.136 e. The molecule has 0 atom stereocenters. The molecule has 4 nitrogen and oxygen atoms in total. The molecule has 298 valence electrons. The van der Waals surface area contributed by atoms with Crippen molar-refractivity contribution in [2.24, 2.45) is 0 Å². The molecule has 0 spiro atoms. The van der Waals surface area contributed by atoms with Crippen molar-refractivity contribution in [2.75, 3.05) is 14.2 Å². The van der Waals surface area contributed by atoms with Crippen LogP contribution in [0.2, 0.25) is 0 Å². The van der Waals surface area contributed by atoms with E-state index in [0.29, 0.717) is 0 Å². The molecule has 0 radical (unpaired) electrons. The largest absolute Gasteiger partial charge is 0.495 e. The molecule has 5 aromatic carbocycles. The molecular formula is C54H60N2O2. The van der Waals surface area contributed by atoms with E-state index in [2.05, 4.69) is 192 Å². The highest BCUT2D eigenvalue weighted by Crippen LogP contribution is 2.45. The van der Waals surface area contributed by atoms with E-state index in [-0.39, 0.29) is 21.7 Å². The lowest BCUT2D eigenvalue weighted by atomic mass is 9.82. The summed E-state index contributed by atoms with van der Waals surface area (Å²) in [7, 11) is 3.53. The van der Waals surface area contributed by atoms with Crippen LogP contribution in [0.1, 0.15) is 105 Å². The maximum atomic E-state index is 6.29. The highest BCUT2D eigenvalue weighted by Gasteiger charge is 2.25. The Balaban J connectivity index is 1.43. The van der Waals surface area contributed by atoms with Gasteiger partial charge < -0.3 is 9.47 Å². The Morgan fingerprint density at radius 2 is 0.638 bits per heavy atom. The van der Waals surface area contributed by atoms with Gasteiger partial charge in [0.2, 0.25) is 0 Å². The average Bonchev–Trinajstić information content (AvgIpc) is 3.18. The van der Waals surface area contributed by atoms with Crippen molar-refractivity contribution in [2.45, 2.75) is 105 Å². The second-order valence-corrected chi connectivity index (χ2v) is 20.0. The fourth-order valence-electron chi connectivity index (χ4n) is 7.74. The Bertz CT molecular complexity index is 2460. The molecule has 0 bridgehead atoms. The molecule has 7 aromatic rings. The summed E-state index contributed by atoms with van der Waals surface area (Å²) in [5, 5.41) is 2.06. The predicted octanol–water partition coefficient (Wildman–Crippen LogP) is 14.7. The van der Waals surface area contributed by atoms with E-state index in [4.69, 9.17) is 19.4 Å². The summed E-state index contributed by atoms with van der Waals surface area (Å²) in [5.74, 6) is 1.62. The second kappa shape index (κ2) is 14.7. The topological polar surface area (TPSA) is 44.2 Å². The number of rotatable bonds is 6. The fourth-order valence-corrected chi connectivity index (χ4v) is 7.74. The first-order valence-corrected chi connectivity index (χ1v) is 20.6. The molecule has 58 heavy (non-hydrogen) atoms. The van der Waals surface area contributed by atoms with Crippen molar-refractivity contribution in [1.82, 2.24) is 9.97 Å². The first kappa shape index (κ1) is 40.7. The van der Waals surface area contributed by atoms with Gasteiger partial charge in [-0.25, -0.2) is 9.97 Å². The summed E-state index contributed by atoms with van der Waals surface area (Å²) >= 11 is 0. The lowest BCUT2D eigenvalue weighted by Gasteiger charge is -2.24. The second-order valence-electron chi connectivity index (χ2n) is 20.0. The maximum absolute atomic E-state index is 6.29. The molecule has 0 saturated carbocycles. The molecule has 0 aliphatic heterocycles. The first-order chi connectivity index (χ1) is 27.2. The van der Waals surface area contributed by atoms with E-state index in [1.807, 2.05) is 0 Å². The Morgan fingerprint density at radius 3 is 0.931 bits per heavy atom. The summed E-state index contributed by atoms with van der Waals surface area (Å²) in [6.07, 6.45) is 0. The van der Waals surface area contributed by atoms with Crippen LogP contribution in [0, 0.1) is 0 Å². The normalized spacial score (nSPS) is 12.7. The van der Waals surface area contributed by atoms with Crippen LogP contribution < -0.4 is 9.47 Å². The first-order valence-electron chi connectivity index (χ1n) is 20.6. The highest BCUT2D eigenvalue weighted by atomic mass is 16.5. The number of pyridine rings is 2. The van der Waals surface area contributed by atoms with Gasteiger partial charge in [-0.3, -0.25) is 0 Å². The SMILES string of the molecule is COc1c(-c2ccc(C(C)(C)C)cc2)cc(C(C)(C)C)cc1-c1ccc2ccc3ccc(-c4cc(C(C)(C)C)cc(-c5ccc(C(C)(C)C)cc5)c4OC)nc3c2n1. The molecule has 0 N–H and O–H groups in total. The van der Waals surface area contributed by atoms with Crippen LogP contribution in [-0.4, -0.2) is 24.2 Å². The third-order valence-corrected chi connectivity index (χ3v) is 11.5. The zero-order valence-electron chi connectivity index (χ0n) is 37.1. The third kappa shape index (κ3) is 7.86. The van der Waals surface area contributed by atoms with Crippen LogP contribution in [-0.2, 0) is 21.7 Å². The maximum Gasteiger partial charge on any atom is 0.136 e. The van der Waals surface area contributed by atoms with Gasteiger partial charge in [-0.2, -0.15) is 0 Å². The van der Waals surface area contributed by atoms with Crippen molar-refractivity contribution in [1.29, 1.82) is 0 Å². The van der Waals surface area contributed by atoms with Crippen LogP contribution in [0.15, 0.2) is 109 Å². The molecule has 0 unspecified atom stereocenters. The quantitative estimate of drug-likeness (QED) is 0.158. The minimum atomic E-state index is -0.102. The number of methoxy groups -OCH3 is 2. The van der Waals surface area contributed by atoms with E-state index in [1.54, 1.807) is 14.2 Å². The van der Waals surface area contributed by atoms with E-state index in [1.165, 1.54) is 22.3 Å². The Labute approximate surface area is 346 Å². The summed E-state index contributed by atoms with van der Waals surface area (Å²) in [6.45, 7) is 27.0. The summed E-state index contributed by atoms with van der Waals surface area (Å²) in [4.78, 5) is 10.9. The summed E-state index contributed by atoms with van der Waals surface area (Å²) in [6, 6.07) is 39.7. The van der Waals surface area contributed by atoms with Crippen molar-refractivity contribution in [3.8, 4) is 56.3 Å². The van der Waals surface area contributed by atoms with E-state index >= 15 is 0 Å². The number of ether oxygens (including phenoxy) is 2. The number of benzene rings is 5. The van der Waals surface area contributed by atoms with Crippen molar-refractivity contribution in [3.63, 3.8) is 0 Å². The van der Waals surface area contributed by atoms with Crippen molar-refractivity contribution < 1.29 is 9.47 Å². The van der Waals surface area contributed by atoms with Gasteiger partial charge in [-0.15, -0.1) is 0 Å². The van der Waals surface area contributed by atoms with Crippen LogP contribution in [0.25, 0.3) is 66.6 Å². The number of hydrogen-bond acceptors (Lipinski definition) is 4. The van der Waals surface area contributed by atoms with E-state index < -0.39 is 0 Å². The molecule has 0 saturated heterocycles. The predicted molar refractivity (Wildman–Crippen MR) is 247 cm³/mol. The lowest BCUT2D eigenvalue weighted by Crippen LogP contribution is -2.12. The van der Waals surface area contributed by atoms with Crippen molar-refractivity contribution in [3.05, 3.63) is 131 Å². The van der Waals surface area contributed by atoms with Gasteiger partial charge in [-0.1, -0.05) is 156 Å². The average molecular weight is 769 g/mol. The number of aromatic nitrogens is 2. The number of fused-ring (bicyclic) bond motifs is 3. The van der Waals surface area contributed by atoms with Gasteiger partial charge in [0.25, 0.3) is 0 Å². The zero-order valence-corrected chi connectivity index (χ0v) is 37.1. The molecule has 2 heterocycles. The molecule has 0 aliphatic carbocycles. The van der Waals surface area contributed by atoms with Crippen LogP contribution in [0.5, 0.6) is 11.5 Å². The van der Waals surface area contributed by atoms with Crippen molar-refractivity contribution >= 4 is 21.8 Å². The van der Waals surface area contributed by atoms with Gasteiger partial charge in [0, 0.05) is 33.0 Å². The fraction of sp³-hybridized carbons (Fsp3) is 0.333. The molecule has 0 fully saturated rings. The van der Waals surface area contributed by atoms with E-state index in [9.17, 15) is 0 Å². The minimum absolute atomic E-state index is 0.0634. The lowest BCUT2D eigenvalue weighted by molar-refractivity contribution is 0.417. The Morgan fingerprint density at radius 1 is 0.345 bits per heavy atom. The minimum Gasteiger partial charge on any atom is -0.495 e. The summed E-state index contributed by atoms with van der Waals surface area (Å²) < 4.78 is 12.6. The van der Waals surface area contributed by atoms with Gasteiger partial charge in [-0.05, 0) is 91.4 Å². The number of nitrogens with zero attached hydrogens (tertiary/aromatic N) is 2. The Kier molecular flexibility index (Phi) is 10.3. The van der Waals surface area contributed by atoms with Gasteiger partial charge >= 0.3 is 0 Å². The van der Waals surface area contributed by atoms with Gasteiger partial charge in [0.1, 0.15) is 11.5 Å². The van der Waals surface area contributed by atoms with Crippen LogP contribution in [0.3, 0.4) is 0 Å². The third-order valence-electron chi connectivity index (χ3n) is 11.5. The molecule has 7 rings (SSSR count). The molecule has 2 aromatic heterocycles. The van der Waals surface area contributed by atoms with Crippen LogP contribution in [0.4, 0.5) is 0 Å². The van der Waals surface area contributed by atoms with Gasteiger partial charge in [0.05, 0.1) is 36.6 Å². The molecule has 4 heteroatoms. The molecular weight excluding hydrogens is 709 g/mol. The zero-order chi connectivity index (χ0) is 41.9. The number of hydrogen-bond donors (Lipinski definition) is 0. The van der Waals surface area contributed by atoms with Gasteiger partial charge in [0.15, 0.2) is 0 Å². The summed E-state index contributed by atoms with van der Waals surface area (Å²) in [5.41, 5.74) is 14.6. The monoisotopic (exact) mass is 768 g/mol. The Hall–Kier alpha value is -5.48. The molecule has 0 amide bonds. The molecule has 0 aliphatic rings.